The summed E-state index contributed by atoms with van der Waals surface area (Å²) in [4.78, 5) is 39.7. The fourth-order valence-corrected chi connectivity index (χ4v) is 3.42. The topological polar surface area (TPSA) is 78.9 Å². The maximum absolute atomic E-state index is 13.2. The van der Waals surface area contributed by atoms with Gasteiger partial charge in [-0.2, -0.15) is 0 Å². The number of nitrogens with zero attached hydrogens (tertiary/aromatic N) is 2. The molecule has 1 heterocycles. The number of hydrogen-bond donors (Lipinski definition) is 1. The van der Waals surface area contributed by atoms with E-state index in [9.17, 15) is 18.8 Å². The van der Waals surface area contributed by atoms with Gasteiger partial charge in [0, 0.05) is 19.3 Å². The summed E-state index contributed by atoms with van der Waals surface area (Å²) < 4.78 is 17.8. The van der Waals surface area contributed by atoms with Gasteiger partial charge in [-0.05, 0) is 54.2 Å². The zero-order valence-corrected chi connectivity index (χ0v) is 17.2. The van der Waals surface area contributed by atoms with E-state index in [0.29, 0.717) is 16.4 Å². The van der Waals surface area contributed by atoms with Gasteiger partial charge >= 0.3 is 5.97 Å². The second-order valence-electron chi connectivity index (χ2n) is 6.77. The minimum atomic E-state index is -0.762. The molecule has 2 amide bonds. The average molecular weight is 429 g/mol. The Labute approximate surface area is 178 Å². The van der Waals surface area contributed by atoms with Gasteiger partial charge in [-0.3, -0.25) is 14.5 Å². The third kappa shape index (κ3) is 4.62. The van der Waals surface area contributed by atoms with E-state index in [4.69, 9.17) is 12.2 Å². The van der Waals surface area contributed by atoms with Gasteiger partial charge in [0.25, 0.3) is 5.91 Å². The number of halogens is 1. The van der Waals surface area contributed by atoms with E-state index in [1.165, 1.54) is 36.3 Å². The predicted molar refractivity (Wildman–Crippen MR) is 112 cm³/mol. The summed E-state index contributed by atoms with van der Waals surface area (Å²) in [7, 11) is 2.85. The van der Waals surface area contributed by atoms with Crippen molar-refractivity contribution in [1.29, 1.82) is 0 Å². The summed E-state index contributed by atoms with van der Waals surface area (Å²) >= 11 is 5.36. The Kier molecular flexibility index (Phi) is 6.41. The minimum absolute atomic E-state index is 0.108. The number of esters is 1. The predicted octanol–water partition coefficient (Wildman–Crippen LogP) is 2.57. The van der Waals surface area contributed by atoms with Gasteiger partial charge in [-0.25, -0.2) is 9.18 Å². The van der Waals surface area contributed by atoms with E-state index >= 15 is 0 Å². The number of hydrogen-bond acceptors (Lipinski definition) is 5. The molecule has 1 aliphatic heterocycles. The van der Waals surface area contributed by atoms with Crippen LogP contribution in [0.25, 0.3) is 0 Å². The Bertz CT molecular complexity index is 979. The normalized spacial score (nSPS) is 16.0. The number of ether oxygens (including phenoxy) is 1. The lowest BCUT2D eigenvalue weighted by molar-refractivity contribution is -0.130. The van der Waals surface area contributed by atoms with Crippen LogP contribution in [0, 0.1) is 5.82 Å². The van der Waals surface area contributed by atoms with E-state index in [0.717, 1.165) is 5.56 Å². The first-order chi connectivity index (χ1) is 14.3. The molecule has 0 bridgehead atoms. The summed E-state index contributed by atoms with van der Waals surface area (Å²) in [6.45, 7) is 0.279. The molecule has 0 unspecified atom stereocenters. The zero-order chi connectivity index (χ0) is 21.8. The molecule has 0 saturated carbocycles. The van der Waals surface area contributed by atoms with E-state index in [2.05, 4.69) is 10.1 Å². The fraction of sp³-hybridized carbons (Fsp3) is 0.238. The van der Waals surface area contributed by atoms with Crippen molar-refractivity contribution in [2.45, 2.75) is 19.0 Å². The first-order valence-electron chi connectivity index (χ1n) is 9.11. The number of anilines is 1. The molecular weight excluding hydrogens is 409 g/mol. The number of carbonyl (C=O) groups is 3. The molecule has 1 fully saturated rings. The lowest BCUT2D eigenvalue weighted by Crippen LogP contribution is -2.37. The zero-order valence-electron chi connectivity index (χ0n) is 16.4. The molecule has 7 nitrogen and oxygen atoms in total. The molecule has 0 aromatic heterocycles. The lowest BCUT2D eigenvalue weighted by Gasteiger charge is -2.23. The van der Waals surface area contributed by atoms with Gasteiger partial charge in [0.05, 0.1) is 19.1 Å². The standard InChI is InChI=1S/C21H20FN3O4S/c1-24-19(27)17(25(21(24)30)12-13-3-7-15(22)8-4-13)11-18(26)23-16-9-5-14(6-10-16)20(28)29-2/h3-10,17H,11-12H2,1-2H3,(H,23,26)/t17-/m1/s1. The first kappa shape index (κ1) is 21.4. The Balaban J connectivity index is 1.69. The summed E-state index contributed by atoms with van der Waals surface area (Å²) in [5.74, 6) is -1.48. The number of carbonyl (C=O) groups excluding carboxylic acids is 3. The van der Waals surface area contributed by atoms with Crippen molar-refractivity contribution in [3.05, 3.63) is 65.5 Å². The van der Waals surface area contributed by atoms with Crippen LogP contribution in [0.2, 0.25) is 0 Å². The summed E-state index contributed by atoms with van der Waals surface area (Å²) in [6.07, 6.45) is -0.108. The molecule has 3 rings (SSSR count). The fourth-order valence-electron chi connectivity index (χ4n) is 3.13. The third-order valence-electron chi connectivity index (χ3n) is 4.76. The summed E-state index contributed by atoms with van der Waals surface area (Å²) in [6, 6.07) is 11.3. The van der Waals surface area contributed by atoms with Gasteiger partial charge in [-0.1, -0.05) is 12.1 Å². The van der Waals surface area contributed by atoms with Crippen LogP contribution >= 0.6 is 12.2 Å². The number of amides is 2. The highest BCUT2D eigenvalue weighted by atomic mass is 32.1. The van der Waals surface area contributed by atoms with Crippen molar-refractivity contribution in [3.63, 3.8) is 0 Å². The van der Waals surface area contributed by atoms with E-state index < -0.39 is 12.0 Å². The van der Waals surface area contributed by atoms with Crippen LogP contribution in [0.1, 0.15) is 22.3 Å². The Morgan fingerprint density at radius 1 is 1.13 bits per heavy atom. The van der Waals surface area contributed by atoms with Crippen molar-refractivity contribution in [2.75, 3.05) is 19.5 Å². The number of likely N-dealkylation sites (N-methyl/N-ethyl adjacent to an activating group) is 1. The number of thiocarbonyl (C=S) groups is 1. The van der Waals surface area contributed by atoms with E-state index in [1.54, 1.807) is 36.2 Å². The van der Waals surface area contributed by atoms with Crippen LogP contribution in [-0.2, 0) is 20.9 Å². The average Bonchev–Trinajstić information content (AvgIpc) is 2.93. The molecule has 1 atom stereocenters. The Morgan fingerprint density at radius 3 is 2.37 bits per heavy atom. The Hall–Kier alpha value is -3.33. The van der Waals surface area contributed by atoms with Crippen molar-refractivity contribution >= 4 is 40.8 Å². The minimum Gasteiger partial charge on any atom is -0.465 e. The molecule has 30 heavy (non-hydrogen) atoms. The third-order valence-corrected chi connectivity index (χ3v) is 5.27. The molecule has 2 aromatic carbocycles. The van der Waals surface area contributed by atoms with Crippen LogP contribution in [-0.4, -0.2) is 52.9 Å². The number of methoxy groups -OCH3 is 1. The molecule has 2 aromatic rings. The van der Waals surface area contributed by atoms with Crippen molar-refractivity contribution in [1.82, 2.24) is 9.80 Å². The lowest BCUT2D eigenvalue weighted by atomic mass is 10.1. The van der Waals surface area contributed by atoms with Crippen molar-refractivity contribution in [2.24, 2.45) is 0 Å². The first-order valence-corrected chi connectivity index (χ1v) is 9.52. The molecule has 9 heteroatoms. The molecule has 156 valence electrons. The second kappa shape index (κ2) is 9.00. The maximum atomic E-state index is 13.2. The molecule has 0 aliphatic carbocycles. The van der Waals surface area contributed by atoms with Crippen molar-refractivity contribution in [3.8, 4) is 0 Å². The van der Waals surface area contributed by atoms with Crippen LogP contribution in [0.4, 0.5) is 10.1 Å². The smallest absolute Gasteiger partial charge is 0.337 e. The molecular formula is C21H20FN3O4S. The molecule has 1 saturated heterocycles. The van der Waals surface area contributed by atoms with Gasteiger partial charge < -0.3 is 15.0 Å². The van der Waals surface area contributed by atoms with Crippen molar-refractivity contribution < 1.29 is 23.5 Å². The van der Waals surface area contributed by atoms with Crippen LogP contribution in [0.3, 0.4) is 0 Å². The van der Waals surface area contributed by atoms with Gasteiger partial charge in [0.1, 0.15) is 11.9 Å². The molecule has 0 spiro atoms. The summed E-state index contributed by atoms with van der Waals surface area (Å²) in [5.41, 5.74) is 1.61. The van der Waals surface area contributed by atoms with E-state index in [-0.39, 0.29) is 30.6 Å². The largest absolute Gasteiger partial charge is 0.465 e. The highest BCUT2D eigenvalue weighted by Crippen LogP contribution is 2.23. The van der Waals surface area contributed by atoms with Crippen LogP contribution in [0.5, 0.6) is 0 Å². The monoisotopic (exact) mass is 429 g/mol. The molecule has 1 N–H and O–H groups in total. The van der Waals surface area contributed by atoms with Crippen LogP contribution < -0.4 is 5.32 Å². The van der Waals surface area contributed by atoms with Gasteiger partial charge in [0.15, 0.2) is 5.11 Å². The van der Waals surface area contributed by atoms with E-state index in [1.807, 2.05) is 0 Å². The SMILES string of the molecule is COC(=O)c1ccc(NC(=O)C[C@@H]2C(=O)N(C)C(=S)N2Cc2ccc(F)cc2)cc1. The maximum Gasteiger partial charge on any atom is 0.337 e. The van der Waals surface area contributed by atoms with Crippen LogP contribution in [0.15, 0.2) is 48.5 Å². The highest BCUT2D eigenvalue weighted by Gasteiger charge is 2.41. The quantitative estimate of drug-likeness (QED) is 0.562. The summed E-state index contributed by atoms with van der Waals surface area (Å²) in [5, 5.41) is 3.02. The van der Waals surface area contributed by atoms with Gasteiger partial charge in [-0.15, -0.1) is 0 Å². The number of nitrogens with one attached hydrogen (secondary N) is 1. The highest BCUT2D eigenvalue weighted by molar-refractivity contribution is 7.80. The second-order valence-corrected chi connectivity index (χ2v) is 7.14. The number of benzene rings is 2. The molecule has 1 aliphatic rings. The van der Waals surface area contributed by atoms with Gasteiger partial charge in [0.2, 0.25) is 5.91 Å². The number of rotatable bonds is 6. The molecule has 0 radical (unpaired) electrons. The Morgan fingerprint density at radius 2 is 1.77 bits per heavy atom.